The van der Waals surface area contributed by atoms with Crippen LogP contribution in [0.1, 0.15) is 25.3 Å². The molecule has 0 aliphatic carbocycles. The molecule has 1 unspecified atom stereocenters. The zero-order chi connectivity index (χ0) is 9.68. The van der Waals surface area contributed by atoms with Gasteiger partial charge in [-0.1, -0.05) is 13.3 Å². The fraction of sp³-hybridized carbons (Fsp3) is 0.700. The summed E-state index contributed by atoms with van der Waals surface area (Å²) in [5.74, 6) is 1.36. The molecule has 1 aromatic heterocycles. The molecule has 1 aromatic rings. The van der Waals surface area contributed by atoms with Crippen LogP contribution in [-0.2, 0) is 13.5 Å². The Balaban J connectivity index is 2.46. The van der Waals surface area contributed by atoms with Crippen LogP contribution in [-0.4, -0.2) is 15.7 Å². The number of hydrogen-bond donors (Lipinski definition) is 0. The Hall–Kier alpha value is -0.500. The zero-order valence-electron chi connectivity index (χ0n) is 8.33. The van der Waals surface area contributed by atoms with Crippen molar-refractivity contribution < 1.29 is 0 Å². The van der Waals surface area contributed by atoms with Crippen molar-refractivity contribution in [2.24, 2.45) is 13.0 Å². The molecule has 0 saturated carbocycles. The summed E-state index contributed by atoms with van der Waals surface area (Å²) in [6.45, 7) is 2.20. The predicted octanol–water partition coefficient (Wildman–Crippen LogP) is 2.62. The highest BCUT2D eigenvalue weighted by molar-refractivity contribution is 6.18. The van der Waals surface area contributed by atoms with Gasteiger partial charge in [0.05, 0.1) is 6.20 Å². The lowest BCUT2D eigenvalue weighted by Gasteiger charge is -2.10. The van der Waals surface area contributed by atoms with Crippen LogP contribution < -0.4 is 0 Å². The minimum Gasteiger partial charge on any atom is -0.276 e. The Morgan fingerprint density at radius 3 is 2.85 bits per heavy atom. The first-order valence-corrected chi connectivity index (χ1v) is 5.33. The molecule has 74 valence electrons. The minimum absolute atomic E-state index is 0.607. The smallest absolute Gasteiger partial charge is 0.0521 e. The second kappa shape index (κ2) is 5.28. The molecule has 0 bridgehead atoms. The Labute approximate surface area is 84.9 Å². The van der Waals surface area contributed by atoms with E-state index >= 15 is 0 Å². The van der Waals surface area contributed by atoms with Gasteiger partial charge in [-0.25, -0.2) is 0 Å². The van der Waals surface area contributed by atoms with E-state index in [0.717, 1.165) is 12.3 Å². The molecule has 1 heterocycles. The Kier molecular flexibility index (Phi) is 4.29. The first kappa shape index (κ1) is 10.6. The second-order valence-electron chi connectivity index (χ2n) is 3.54. The van der Waals surface area contributed by atoms with Crippen LogP contribution in [0.25, 0.3) is 0 Å². The molecular formula is C10H17ClN2. The van der Waals surface area contributed by atoms with Crippen molar-refractivity contribution in [1.82, 2.24) is 9.78 Å². The average Bonchev–Trinajstić information content (AvgIpc) is 2.50. The Morgan fingerprint density at radius 2 is 2.38 bits per heavy atom. The summed E-state index contributed by atoms with van der Waals surface area (Å²) in [5.41, 5.74) is 1.29. The normalized spacial score (nSPS) is 13.2. The van der Waals surface area contributed by atoms with Crippen LogP contribution in [0.5, 0.6) is 0 Å². The van der Waals surface area contributed by atoms with Gasteiger partial charge in [-0.05, 0) is 24.3 Å². The van der Waals surface area contributed by atoms with E-state index in [9.17, 15) is 0 Å². The summed E-state index contributed by atoms with van der Waals surface area (Å²) in [4.78, 5) is 0. The van der Waals surface area contributed by atoms with Crippen LogP contribution >= 0.6 is 11.6 Å². The number of halogens is 1. The number of nitrogens with zero attached hydrogens (tertiary/aromatic N) is 2. The summed E-state index contributed by atoms with van der Waals surface area (Å²) >= 11 is 5.88. The van der Waals surface area contributed by atoms with Crippen molar-refractivity contribution in [2.45, 2.75) is 26.2 Å². The number of aryl methyl sites for hydroxylation is 1. The van der Waals surface area contributed by atoms with E-state index in [-0.39, 0.29) is 0 Å². The molecule has 0 fully saturated rings. The van der Waals surface area contributed by atoms with E-state index in [1.807, 2.05) is 17.9 Å². The van der Waals surface area contributed by atoms with E-state index in [1.165, 1.54) is 18.4 Å². The lowest BCUT2D eigenvalue weighted by molar-refractivity contribution is 0.528. The van der Waals surface area contributed by atoms with Crippen LogP contribution in [0, 0.1) is 5.92 Å². The molecule has 0 N–H and O–H groups in total. The first-order chi connectivity index (χ1) is 6.26. The Morgan fingerprint density at radius 1 is 1.62 bits per heavy atom. The molecule has 1 rings (SSSR count). The number of hydrogen-bond acceptors (Lipinski definition) is 1. The van der Waals surface area contributed by atoms with Crippen LogP contribution in [0.2, 0.25) is 0 Å². The van der Waals surface area contributed by atoms with Gasteiger partial charge in [-0.2, -0.15) is 5.10 Å². The van der Waals surface area contributed by atoms with Crippen LogP contribution in [0.15, 0.2) is 12.4 Å². The topological polar surface area (TPSA) is 17.8 Å². The highest BCUT2D eigenvalue weighted by Crippen LogP contribution is 2.14. The van der Waals surface area contributed by atoms with Gasteiger partial charge < -0.3 is 0 Å². The summed E-state index contributed by atoms with van der Waals surface area (Å²) in [7, 11) is 1.94. The van der Waals surface area contributed by atoms with Gasteiger partial charge in [0.2, 0.25) is 0 Å². The van der Waals surface area contributed by atoms with Crippen molar-refractivity contribution in [3.8, 4) is 0 Å². The van der Waals surface area contributed by atoms with Crippen molar-refractivity contribution in [2.75, 3.05) is 5.88 Å². The molecule has 0 aliphatic heterocycles. The fourth-order valence-electron chi connectivity index (χ4n) is 1.55. The van der Waals surface area contributed by atoms with E-state index in [0.29, 0.717) is 5.92 Å². The monoisotopic (exact) mass is 200 g/mol. The molecule has 0 aromatic carbocycles. The van der Waals surface area contributed by atoms with E-state index < -0.39 is 0 Å². The largest absolute Gasteiger partial charge is 0.276 e. The molecule has 1 atom stereocenters. The maximum absolute atomic E-state index is 5.88. The standard InChI is InChI=1S/C10H17ClN2/c1-3-4-9(6-11)5-10-7-12-13(2)8-10/h7-9H,3-6H2,1-2H3. The van der Waals surface area contributed by atoms with Gasteiger partial charge in [0.15, 0.2) is 0 Å². The number of alkyl halides is 1. The van der Waals surface area contributed by atoms with E-state index in [2.05, 4.69) is 18.2 Å². The second-order valence-corrected chi connectivity index (χ2v) is 3.84. The minimum atomic E-state index is 0.607. The van der Waals surface area contributed by atoms with E-state index in [4.69, 9.17) is 11.6 Å². The quantitative estimate of drug-likeness (QED) is 0.669. The Bertz CT molecular complexity index is 245. The number of rotatable bonds is 5. The third-order valence-electron chi connectivity index (χ3n) is 2.20. The molecule has 2 nitrogen and oxygen atoms in total. The summed E-state index contributed by atoms with van der Waals surface area (Å²) in [6.07, 6.45) is 7.46. The molecule has 13 heavy (non-hydrogen) atoms. The maximum atomic E-state index is 5.88. The SMILES string of the molecule is CCCC(CCl)Cc1cnn(C)c1. The van der Waals surface area contributed by atoms with Crippen molar-refractivity contribution in [3.63, 3.8) is 0 Å². The number of aromatic nitrogens is 2. The van der Waals surface area contributed by atoms with Crippen LogP contribution in [0.4, 0.5) is 0 Å². The maximum Gasteiger partial charge on any atom is 0.0521 e. The van der Waals surface area contributed by atoms with Gasteiger partial charge in [-0.15, -0.1) is 11.6 Å². The third-order valence-corrected chi connectivity index (χ3v) is 2.63. The summed E-state index contributed by atoms with van der Waals surface area (Å²) in [6, 6.07) is 0. The van der Waals surface area contributed by atoms with Gasteiger partial charge in [-0.3, -0.25) is 4.68 Å². The molecule has 0 saturated heterocycles. The molecule has 0 radical (unpaired) electrons. The van der Waals surface area contributed by atoms with Crippen molar-refractivity contribution in [3.05, 3.63) is 18.0 Å². The fourth-order valence-corrected chi connectivity index (χ4v) is 1.82. The molecule has 0 spiro atoms. The predicted molar refractivity (Wildman–Crippen MR) is 56.0 cm³/mol. The van der Waals surface area contributed by atoms with Gasteiger partial charge in [0, 0.05) is 19.1 Å². The summed E-state index contributed by atoms with van der Waals surface area (Å²) < 4.78 is 1.84. The molecule has 3 heteroatoms. The lowest BCUT2D eigenvalue weighted by atomic mass is 9.99. The third kappa shape index (κ3) is 3.39. The molecular weight excluding hydrogens is 184 g/mol. The molecule has 0 amide bonds. The summed E-state index contributed by atoms with van der Waals surface area (Å²) in [5, 5.41) is 4.14. The van der Waals surface area contributed by atoms with E-state index in [1.54, 1.807) is 0 Å². The van der Waals surface area contributed by atoms with Gasteiger partial charge in [0.25, 0.3) is 0 Å². The average molecular weight is 201 g/mol. The molecule has 0 aliphatic rings. The highest BCUT2D eigenvalue weighted by atomic mass is 35.5. The van der Waals surface area contributed by atoms with Gasteiger partial charge in [0.1, 0.15) is 0 Å². The van der Waals surface area contributed by atoms with Crippen LogP contribution in [0.3, 0.4) is 0 Å². The van der Waals surface area contributed by atoms with Crippen molar-refractivity contribution in [1.29, 1.82) is 0 Å². The highest BCUT2D eigenvalue weighted by Gasteiger charge is 2.08. The lowest BCUT2D eigenvalue weighted by Crippen LogP contribution is -2.05. The van der Waals surface area contributed by atoms with Gasteiger partial charge >= 0.3 is 0 Å². The first-order valence-electron chi connectivity index (χ1n) is 4.79. The zero-order valence-corrected chi connectivity index (χ0v) is 9.09. The van der Waals surface area contributed by atoms with Crippen molar-refractivity contribution >= 4 is 11.6 Å².